The van der Waals surface area contributed by atoms with Crippen LogP contribution in [0.25, 0.3) is 0 Å². The number of ether oxygens (including phenoxy) is 1. The molecule has 106 valence electrons. The van der Waals surface area contributed by atoms with Gasteiger partial charge < -0.3 is 4.74 Å². The maximum atomic E-state index is 12.1. The lowest BCUT2D eigenvalue weighted by Crippen LogP contribution is -2.19. The Morgan fingerprint density at radius 2 is 2.19 bits per heavy atom. The summed E-state index contributed by atoms with van der Waals surface area (Å²) in [6.07, 6.45) is 4.50. The number of hydrogen-bond acceptors (Lipinski definition) is 4. The van der Waals surface area contributed by atoms with Gasteiger partial charge >= 0.3 is 0 Å². The number of amides is 1. The normalized spacial score (nSPS) is 14.2. The van der Waals surface area contributed by atoms with Crippen LogP contribution in [-0.2, 0) is 11.2 Å². The van der Waals surface area contributed by atoms with E-state index in [0.717, 1.165) is 17.0 Å². The molecular weight excluding hydrogens is 266 g/mol. The van der Waals surface area contributed by atoms with Crippen LogP contribution in [0.15, 0.2) is 53.9 Å². The first kappa shape index (κ1) is 13.3. The summed E-state index contributed by atoms with van der Waals surface area (Å²) in [5.74, 6) is 0.679. The molecule has 1 amide bonds. The molecule has 0 saturated carbocycles. The number of nitrogens with zero attached hydrogens (tertiary/aromatic N) is 3. The van der Waals surface area contributed by atoms with Gasteiger partial charge in [-0.3, -0.25) is 9.78 Å². The lowest BCUT2D eigenvalue weighted by atomic mass is 10.1. The van der Waals surface area contributed by atoms with Gasteiger partial charge in [-0.05, 0) is 23.8 Å². The molecule has 0 radical (unpaired) electrons. The van der Waals surface area contributed by atoms with Crippen molar-refractivity contribution in [3.8, 4) is 5.75 Å². The Labute approximate surface area is 122 Å². The van der Waals surface area contributed by atoms with Crippen molar-refractivity contribution in [1.29, 1.82) is 0 Å². The molecule has 0 N–H and O–H groups in total. The summed E-state index contributed by atoms with van der Waals surface area (Å²) >= 11 is 0. The Kier molecular flexibility index (Phi) is 3.64. The average molecular weight is 281 g/mol. The molecule has 1 aromatic carbocycles. The van der Waals surface area contributed by atoms with Gasteiger partial charge in [0.05, 0.1) is 24.9 Å². The minimum Gasteiger partial charge on any atom is -0.497 e. The van der Waals surface area contributed by atoms with Crippen molar-refractivity contribution in [1.82, 2.24) is 4.98 Å². The maximum absolute atomic E-state index is 12.1. The van der Waals surface area contributed by atoms with Crippen LogP contribution in [0.5, 0.6) is 5.75 Å². The SMILES string of the molecule is COc1cccc(N2N=C(Cc3cccnc3)CC2=O)c1. The molecule has 1 aliphatic rings. The number of rotatable bonds is 4. The quantitative estimate of drug-likeness (QED) is 0.865. The molecule has 5 nitrogen and oxygen atoms in total. The number of hydrazone groups is 1. The maximum Gasteiger partial charge on any atom is 0.253 e. The van der Waals surface area contributed by atoms with Gasteiger partial charge in [-0.15, -0.1) is 0 Å². The molecule has 3 rings (SSSR count). The van der Waals surface area contributed by atoms with Crippen molar-refractivity contribution in [2.45, 2.75) is 12.8 Å². The molecule has 0 saturated heterocycles. The molecule has 21 heavy (non-hydrogen) atoms. The van der Waals surface area contributed by atoms with Gasteiger partial charge in [-0.1, -0.05) is 12.1 Å². The predicted octanol–water partition coefficient (Wildman–Crippen LogP) is 2.43. The Morgan fingerprint density at radius 1 is 1.29 bits per heavy atom. The van der Waals surface area contributed by atoms with E-state index in [9.17, 15) is 4.79 Å². The zero-order valence-corrected chi connectivity index (χ0v) is 11.7. The Hall–Kier alpha value is -2.69. The van der Waals surface area contributed by atoms with Gasteiger partial charge in [0, 0.05) is 24.9 Å². The summed E-state index contributed by atoms with van der Waals surface area (Å²) in [5.41, 5.74) is 2.62. The van der Waals surface area contributed by atoms with E-state index in [-0.39, 0.29) is 5.91 Å². The number of anilines is 1. The van der Waals surface area contributed by atoms with E-state index in [1.54, 1.807) is 25.6 Å². The third-order valence-corrected chi connectivity index (χ3v) is 3.26. The largest absolute Gasteiger partial charge is 0.497 e. The molecule has 0 atom stereocenters. The van der Waals surface area contributed by atoms with Crippen molar-refractivity contribution in [2.24, 2.45) is 5.10 Å². The van der Waals surface area contributed by atoms with Crippen molar-refractivity contribution >= 4 is 17.3 Å². The molecule has 2 aromatic rings. The standard InChI is InChI=1S/C16H15N3O2/c1-21-15-6-2-5-14(10-15)19-16(20)9-13(18-19)8-12-4-3-7-17-11-12/h2-7,10-11H,8-9H2,1H3. The summed E-state index contributed by atoms with van der Waals surface area (Å²) in [5, 5.41) is 5.87. The van der Waals surface area contributed by atoms with E-state index in [0.29, 0.717) is 18.6 Å². The summed E-state index contributed by atoms with van der Waals surface area (Å²) in [7, 11) is 1.60. The van der Waals surface area contributed by atoms with Crippen molar-refractivity contribution in [2.75, 3.05) is 12.1 Å². The number of aromatic nitrogens is 1. The number of carbonyl (C=O) groups is 1. The molecular formula is C16H15N3O2. The van der Waals surface area contributed by atoms with E-state index < -0.39 is 0 Å². The van der Waals surface area contributed by atoms with Gasteiger partial charge in [-0.25, -0.2) is 5.01 Å². The van der Waals surface area contributed by atoms with Gasteiger partial charge in [-0.2, -0.15) is 5.10 Å². The molecule has 0 fully saturated rings. The first-order valence-corrected chi connectivity index (χ1v) is 6.68. The molecule has 0 bridgehead atoms. The fraction of sp³-hybridized carbons (Fsp3) is 0.188. The molecule has 1 aromatic heterocycles. The highest BCUT2D eigenvalue weighted by molar-refractivity contribution is 6.13. The van der Waals surface area contributed by atoms with Crippen molar-refractivity contribution < 1.29 is 9.53 Å². The minimum atomic E-state index is -0.0258. The molecule has 0 spiro atoms. The van der Waals surface area contributed by atoms with Crippen molar-refractivity contribution in [3.63, 3.8) is 0 Å². The fourth-order valence-electron chi connectivity index (χ4n) is 2.26. The van der Waals surface area contributed by atoms with Gasteiger partial charge in [0.25, 0.3) is 5.91 Å². The van der Waals surface area contributed by atoms with E-state index in [1.165, 1.54) is 5.01 Å². The first-order chi connectivity index (χ1) is 10.3. The highest BCUT2D eigenvalue weighted by atomic mass is 16.5. The van der Waals surface area contributed by atoms with Crippen molar-refractivity contribution in [3.05, 3.63) is 54.4 Å². The molecule has 0 unspecified atom stereocenters. The summed E-state index contributed by atoms with van der Waals surface area (Å²) in [4.78, 5) is 16.2. The second-order valence-electron chi connectivity index (χ2n) is 4.79. The highest BCUT2D eigenvalue weighted by Gasteiger charge is 2.25. The zero-order valence-electron chi connectivity index (χ0n) is 11.7. The second kappa shape index (κ2) is 5.75. The van der Waals surface area contributed by atoms with Crippen LogP contribution in [0.3, 0.4) is 0 Å². The lowest BCUT2D eigenvalue weighted by Gasteiger charge is -2.12. The summed E-state index contributed by atoms with van der Waals surface area (Å²) in [6.45, 7) is 0. The Balaban J connectivity index is 1.81. The lowest BCUT2D eigenvalue weighted by molar-refractivity contribution is -0.116. The summed E-state index contributed by atoms with van der Waals surface area (Å²) in [6, 6.07) is 11.2. The number of hydrogen-bond donors (Lipinski definition) is 0. The number of benzene rings is 1. The molecule has 1 aliphatic heterocycles. The molecule has 5 heteroatoms. The summed E-state index contributed by atoms with van der Waals surface area (Å²) < 4.78 is 5.18. The van der Waals surface area contributed by atoms with Gasteiger partial charge in [0.15, 0.2) is 0 Å². The molecule has 0 aliphatic carbocycles. The number of pyridine rings is 1. The van der Waals surface area contributed by atoms with Crippen LogP contribution in [0.2, 0.25) is 0 Å². The predicted molar refractivity (Wildman–Crippen MR) is 80.5 cm³/mol. The van der Waals surface area contributed by atoms with Gasteiger partial charge in [0.1, 0.15) is 5.75 Å². The van der Waals surface area contributed by atoms with E-state index in [1.807, 2.05) is 30.3 Å². The monoisotopic (exact) mass is 281 g/mol. The zero-order chi connectivity index (χ0) is 14.7. The Bertz CT molecular complexity index is 683. The van der Waals surface area contributed by atoms with Crippen LogP contribution in [0.4, 0.5) is 5.69 Å². The minimum absolute atomic E-state index is 0.0258. The third kappa shape index (κ3) is 2.91. The van der Waals surface area contributed by atoms with Crippen LogP contribution < -0.4 is 9.75 Å². The fourth-order valence-corrected chi connectivity index (χ4v) is 2.26. The van der Waals surface area contributed by atoms with Crippen LogP contribution in [-0.4, -0.2) is 23.7 Å². The first-order valence-electron chi connectivity index (χ1n) is 6.68. The van der Waals surface area contributed by atoms with E-state index in [4.69, 9.17) is 4.74 Å². The third-order valence-electron chi connectivity index (χ3n) is 3.26. The van der Waals surface area contributed by atoms with E-state index >= 15 is 0 Å². The van der Waals surface area contributed by atoms with E-state index in [2.05, 4.69) is 10.1 Å². The smallest absolute Gasteiger partial charge is 0.253 e. The van der Waals surface area contributed by atoms with Gasteiger partial charge in [0.2, 0.25) is 0 Å². The van der Waals surface area contributed by atoms with Crippen LogP contribution in [0, 0.1) is 0 Å². The second-order valence-corrected chi connectivity index (χ2v) is 4.79. The highest BCUT2D eigenvalue weighted by Crippen LogP contribution is 2.25. The Morgan fingerprint density at radius 3 is 2.95 bits per heavy atom. The number of carbonyl (C=O) groups excluding carboxylic acids is 1. The van der Waals surface area contributed by atoms with Crippen LogP contribution >= 0.6 is 0 Å². The average Bonchev–Trinajstić information content (AvgIpc) is 2.89. The topological polar surface area (TPSA) is 54.8 Å². The van der Waals surface area contributed by atoms with Crippen LogP contribution in [0.1, 0.15) is 12.0 Å². The number of methoxy groups -OCH3 is 1. The molecule has 2 heterocycles.